The van der Waals surface area contributed by atoms with Crippen molar-refractivity contribution in [2.24, 2.45) is 5.73 Å². The molecule has 0 aliphatic carbocycles. The van der Waals surface area contributed by atoms with Crippen LogP contribution in [0, 0.1) is 0 Å². The zero-order valence-corrected chi connectivity index (χ0v) is 16.1. The van der Waals surface area contributed by atoms with Gasteiger partial charge in [-0.1, -0.05) is 0 Å². The molecule has 1 atom stereocenters. The first kappa shape index (κ1) is 22.2. The average Bonchev–Trinajstić information content (AvgIpc) is 2.75. The Kier molecular flexibility index (Phi) is 7.83. The first-order valence-corrected chi connectivity index (χ1v) is 8.66. The molecule has 0 saturated carbocycles. The van der Waals surface area contributed by atoms with Crippen molar-refractivity contribution in [1.82, 2.24) is 20.4 Å². The van der Waals surface area contributed by atoms with Gasteiger partial charge in [0.05, 0.1) is 0 Å². The monoisotopic (exact) mass is 389 g/mol. The van der Waals surface area contributed by atoms with Gasteiger partial charge in [0, 0.05) is 32.1 Å². The Morgan fingerprint density at radius 3 is 2.58 bits per heavy atom. The quantitative estimate of drug-likeness (QED) is 0.532. The van der Waals surface area contributed by atoms with Gasteiger partial charge in [0.25, 0.3) is 5.91 Å². The van der Waals surface area contributed by atoms with Crippen LogP contribution in [0.4, 0.5) is 4.79 Å². The standard InChI is InChI=1S/C16H27N5O4.ClH/c1-16(2)14(24)19-15(25)21(16)10-13(23)20-8-4-3-5-11(20)9-18-12(22)6-7-17;/h11H,3-10,17H2,1-2H3,(H,18,22)(H,19,24,25);1H. The van der Waals surface area contributed by atoms with Crippen LogP contribution < -0.4 is 16.4 Å². The van der Waals surface area contributed by atoms with Gasteiger partial charge in [-0.15, -0.1) is 12.4 Å². The highest BCUT2D eigenvalue weighted by Crippen LogP contribution is 2.22. The predicted octanol–water partition coefficient (Wildman–Crippen LogP) is -0.415. The molecule has 2 aliphatic rings. The number of nitrogens with one attached hydrogen (secondary N) is 2. The van der Waals surface area contributed by atoms with Crippen LogP contribution in [0.5, 0.6) is 0 Å². The van der Waals surface area contributed by atoms with E-state index in [1.54, 1.807) is 18.7 Å². The van der Waals surface area contributed by atoms with Crippen LogP contribution in [0.3, 0.4) is 0 Å². The number of nitrogens with zero attached hydrogens (tertiary/aromatic N) is 2. The molecule has 0 spiro atoms. The van der Waals surface area contributed by atoms with E-state index in [0.717, 1.165) is 19.3 Å². The van der Waals surface area contributed by atoms with Crippen molar-refractivity contribution in [3.05, 3.63) is 0 Å². The second kappa shape index (κ2) is 9.18. The fourth-order valence-electron chi connectivity index (χ4n) is 3.18. The van der Waals surface area contributed by atoms with Crippen molar-refractivity contribution in [2.45, 2.75) is 51.1 Å². The van der Waals surface area contributed by atoms with Crippen molar-refractivity contribution in [3.8, 4) is 0 Å². The number of nitrogens with two attached hydrogens (primary N) is 1. The van der Waals surface area contributed by atoms with Crippen LogP contribution in [0.2, 0.25) is 0 Å². The van der Waals surface area contributed by atoms with Crippen LogP contribution in [0.25, 0.3) is 0 Å². The lowest BCUT2D eigenvalue weighted by Crippen LogP contribution is -2.55. The van der Waals surface area contributed by atoms with E-state index in [4.69, 9.17) is 5.73 Å². The molecule has 0 radical (unpaired) electrons. The average molecular weight is 390 g/mol. The number of hydrogen-bond donors (Lipinski definition) is 3. The van der Waals surface area contributed by atoms with Gasteiger partial charge in [0.2, 0.25) is 11.8 Å². The number of imide groups is 1. The Bertz CT molecular complexity index is 569. The zero-order chi connectivity index (χ0) is 18.6. The van der Waals surface area contributed by atoms with Gasteiger partial charge < -0.3 is 20.9 Å². The molecule has 0 aromatic heterocycles. The lowest BCUT2D eigenvalue weighted by Gasteiger charge is -2.38. The number of urea groups is 1. The third-order valence-corrected chi connectivity index (χ3v) is 4.84. The van der Waals surface area contributed by atoms with Crippen molar-refractivity contribution < 1.29 is 19.2 Å². The Balaban J connectivity index is 0.00000338. The first-order chi connectivity index (χ1) is 11.8. The molecule has 2 fully saturated rings. The fourth-order valence-corrected chi connectivity index (χ4v) is 3.18. The van der Waals surface area contributed by atoms with Crippen molar-refractivity contribution in [3.63, 3.8) is 0 Å². The smallest absolute Gasteiger partial charge is 0.325 e. The second-order valence-corrected chi connectivity index (χ2v) is 6.98. The van der Waals surface area contributed by atoms with E-state index in [1.165, 1.54) is 4.90 Å². The Morgan fingerprint density at radius 2 is 2.00 bits per heavy atom. The van der Waals surface area contributed by atoms with E-state index in [9.17, 15) is 19.2 Å². The summed E-state index contributed by atoms with van der Waals surface area (Å²) in [6.07, 6.45) is 2.91. The van der Waals surface area contributed by atoms with E-state index in [2.05, 4.69) is 10.6 Å². The summed E-state index contributed by atoms with van der Waals surface area (Å²) >= 11 is 0. The zero-order valence-electron chi connectivity index (χ0n) is 15.2. The minimum absolute atomic E-state index is 0. The fraction of sp³-hybridized carbons (Fsp3) is 0.750. The number of piperidine rings is 1. The molecule has 26 heavy (non-hydrogen) atoms. The lowest BCUT2D eigenvalue weighted by atomic mass is 10.0. The summed E-state index contributed by atoms with van der Waals surface area (Å²) in [5, 5.41) is 5.04. The van der Waals surface area contributed by atoms with Gasteiger partial charge in [-0.05, 0) is 33.1 Å². The summed E-state index contributed by atoms with van der Waals surface area (Å²) in [5.74, 6) is -0.753. The van der Waals surface area contributed by atoms with E-state index in [-0.39, 0.29) is 49.8 Å². The molecule has 2 saturated heterocycles. The van der Waals surface area contributed by atoms with Crippen molar-refractivity contribution in [2.75, 3.05) is 26.2 Å². The maximum absolute atomic E-state index is 12.7. The van der Waals surface area contributed by atoms with Gasteiger partial charge in [0.15, 0.2) is 0 Å². The highest BCUT2D eigenvalue weighted by molar-refractivity contribution is 6.07. The molecule has 148 valence electrons. The number of likely N-dealkylation sites (tertiary alicyclic amines) is 1. The van der Waals surface area contributed by atoms with Crippen LogP contribution in [0.15, 0.2) is 0 Å². The maximum Gasteiger partial charge on any atom is 0.325 e. The van der Waals surface area contributed by atoms with Crippen molar-refractivity contribution in [1.29, 1.82) is 0 Å². The molecule has 5 amide bonds. The summed E-state index contributed by atoms with van der Waals surface area (Å²) in [7, 11) is 0. The van der Waals surface area contributed by atoms with E-state index >= 15 is 0 Å². The molecule has 10 heteroatoms. The summed E-state index contributed by atoms with van der Waals surface area (Å²) in [4.78, 5) is 51.1. The van der Waals surface area contributed by atoms with Crippen LogP contribution in [-0.2, 0) is 14.4 Å². The van der Waals surface area contributed by atoms with Gasteiger partial charge in [-0.25, -0.2) is 4.79 Å². The highest BCUT2D eigenvalue weighted by atomic mass is 35.5. The first-order valence-electron chi connectivity index (χ1n) is 8.66. The van der Waals surface area contributed by atoms with Crippen LogP contribution in [0.1, 0.15) is 39.5 Å². The SMILES string of the molecule is CC1(C)C(=O)NC(=O)N1CC(=O)N1CCCCC1CNC(=O)CCN.Cl. The van der Waals surface area contributed by atoms with Gasteiger partial charge in [-0.2, -0.15) is 0 Å². The molecule has 0 aromatic carbocycles. The number of rotatable bonds is 6. The number of hydrogen-bond acceptors (Lipinski definition) is 5. The summed E-state index contributed by atoms with van der Waals surface area (Å²) in [6, 6.07) is -0.652. The Hall–Kier alpha value is -1.87. The van der Waals surface area contributed by atoms with Crippen LogP contribution >= 0.6 is 12.4 Å². The number of carbonyl (C=O) groups is 4. The summed E-state index contributed by atoms with van der Waals surface area (Å²) < 4.78 is 0. The third-order valence-electron chi connectivity index (χ3n) is 4.84. The molecular formula is C16H28ClN5O4. The summed E-state index contributed by atoms with van der Waals surface area (Å²) in [6.45, 7) is 4.31. The maximum atomic E-state index is 12.7. The van der Waals surface area contributed by atoms with E-state index in [0.29, 0.717) is 13.1 Å². The number of amides is 5. The second-order valence-electron chi connectivity index (χ2n) is 6.98. The molecule has 0 bridgehead atoms. The molecule has 2 rings (SSSR count). The topological polar surface area (TPSA) is 125 Å². The van der Waals surface area contributed by atoms with Crippen LogP contribution in [-0.4, -0.2) is 71.3 Å². The minimum Gasteiger partial charge on any atom is -0.354 e. The predicted molar refractivity (Wildman–Crippen MR) is 97.6 cm³/mol. The van der Waals surface area contributed by atoms with Gasteiger partial charge in [-0.3, -0.25) is 19.7 Å². The van der Waals surface area contributed by atoms with Gasteiger partial charge in [0.1, 0.15) is 12.1 Å². The molecule has 0 aromatic rings. The highest BCUT2D eigenvalue weighted by Gasteiger charge is 2.46. The molecule has 9 nitrogen and oxygen atoms in total. The molecule has 4 N–H and O–H groups in total. The largest absolute Gasteiger partial charge is 0.354 e. The van der Waals surface area contributed by atoms with E-state index in [1.807, 2.05) is 0 Å². The molecule has 2 heterocycles. The number of carbonyl (C=O) groups excluding carboxylic acids is 4. The number of halogens is 1. The van der Waals surface area contributed by atoms with E-state index < -0.39 is 17.5 Å². The molecule has 2 aliphatic heterocycles. The molecular weight excluding hydrogens is 362 g/mol. The lowest BCUT2D eigenvalue weighted by molar-refractivity contribution is -0.137. The third kappa shape index (κ3) is 4.85. The van der Waals surface area contributed by atoms with Gasteiger partial charge >= 0.3 is 6.03 Å². The minimum atomic E-state index is -1.05. The Morgan fingerprint density at radius 1 is 1.31 bits per heavy atom. The summed E-state index contributed by atoms with van der Waals surface area (Å²) in [5.41, 5.74) is 4.31. The van der Waals surface area contributed by atoms with Crippen molar-refractivity contribution >= 4 is 36.2 Å². The molecule has 1 unspecified atom stereocenters. The Labute approximate surface area is 159 Å². The normalized spacial score (nSPS) is 21.9.